The lowest BCUT2D eigenvalue weighted by Crippen LogP contribution is -2.15. The molecule has 2 aromatic heterocycles. The fourth-order valence-electron chi connectivity index (χ4n) is 3.84. The highest BCUT2D eigenvalue weighted by Gasteiger charge is 2.25. The first-order valence-corrected chi connectivity index (χ1v) is 9.34. The number of aryl methyl sites for hydroxylation is 2. The standard InChI is InChI=1S/C20H24N6O/c1-13-6-5-7-14(10-13)12-26-20(22-18(23-26)11-17(21)27)19-15-8-3-4-9-16(15)25(2)24-19/h5-7,10H,3-4,8-9,11-12H2,1-2H3,(H2,21,27). The van der Waals surface area contributed by atoms with Crippen LogP contribution in [0.2, 0.25) is 0 Å². The molecule has 7 nitrogen and oxygen atoms in total. The van der Waals surface area contributed by atoms with Crippen molar-refractivity contribution in [3.8, 4) is 11.5 Å². The molecule has 1 aliphatic rings. The summed E-state index contributed by atoms with van der Waals surface area (Å²) in [5.41, 5.74) is 11.1. The van der Waals surface area contributed by atoms with Crippen LogP contribution < -0.4 is 5.73 Å². The molecular weight excluding hydrogens is 340 g/mol. The van der Waals surface area contributed by atoms with Gasteiger partial charge >= 0.3 is 0 Å². The number of carbonyl (C=O) groups is 1. The third kappa shape index (κ3) is 3.49. The fraction of sp³-hybridized carbons (Fsp3) is 0.400. The lowest BCUT2D eigenvalue weighted by atomic mass is 9.95. The first kappa shape index (κ1) is 17.5. The fourth-order valence-corrected chi connectivity index (χ4v) is 3.84. The van der Waals surface area contributed by atoms with Crippen LogP contribution in [-0.4, -0.2) is 30.5 Å². The Hall–Kier alpha value is -2.96. The van der Waals surface area contributed by atoms with Gasteiger partial charge in [0.25, 0.3) is 0 Å². The average molecular weight is 364 g/mol. The number of benzene rings is 1. The van der Waals surface area contributed by atoms with Crippen LogP contribution >= 0.6 is 0 Å². The summed E-state index contributed by atoms with van der Waals surface area (Å²) in [4.78, 5) is 16.0. The Morgan fingerprint density at radius 1 is 1.22 bits per heavy atom. The molecule has 0 radical (unpaired) electrons. The maximum absolute atomic E-state index is 11.4. The molecule has 0 bridgehead atoms. The molecule has 0 spiro atoms. The largest absolute Gasteiger partial charge is 0.369 e. The second kappa shape index (κ2) is 6.98. The van der Waals surface area contributed by atoms with Gasteiger partial charge in [-0.25, -0.2) is 9.67 Å². The molecule has 2 N–H and O–H groups in total. The first-order valence-electron chi connectivity index (χ1n) is 9.34. The smallest absolute Gasteiger partial charge is 0.225 e. The Labute approximate surface area is 158 Å². The SMILES string of the molecule is Cc1cccc(Cn2nc(CC(N)=O)nc2-c2nn(C)c3c2CCCC3)c1. The summed E-state index contributed by atoms with van der Waals surface area (Å²) >= 11 is 0. The van der Waals surface area contributed by atoms with Crippen LogP contribution in [0.25, 0.3) is 11.5 Å². The summed E-state index contributed by atoms with van der Waals surface area (Å²) in [7, 11) is 1.99. The lowest BCUT2D eigenvalue weighted by Gasteiger charge is -2.12. The zero-order valence-electron chi connectivity index (χ0n) is 15.8. The molecule has 4 rings (SSSR count). The summed E-state index contributed by atoms with van der Waals surface area (Å²) < 4.78 is 3.81. The monoisotopic (exact) mass is 364 g/mol. The molecule has 1 aliphatic carbocycles. The van der Waals surface area contributed by atoms with Gasteiger partial charge in [-0.2, -0.15) is 10.2 Å². The number of fused-ring (bicyclic) bond motifs is 1. The number of hydrogen-bond donors (Lipinski definition) is 1. The van der Waals surface area contributed by atoms with Crippen molar-refractivity contribution >= 4 is 5.91 Å². The van der Waals surface area contributed by atoms with Gasteiger partial charge in [0.1, 0.15) is 5.69 Å². The number of nitrogens with two attached hydrogens (primary N) is 1. The van der Waals surface area contributed by atoms with Gasteiger partial charge in [0, 0.05) is 18.3 Å². The number of amides is 1. The maximum Gasteiger partial charge on any atom is 0.225 e. The second-order valence-corrected chi connectivity index (χ2v) is 7.25. The van der Waals surface area contributed by atoms with Crippen LogP contribution in [0.15, 0.2) is 24.3 Å². The maximum atomic E-state index is 11.4. The molecule has 27 heavy (non-hydrogen) atoms. The Morgan fingerprint density at radius 2 is 2.04 bits per heavy atom. The van der Waals surface area contributed by atoms with Crippen LogP contribution in [0, 0.1) is 6.92 Å². The number of hydrogen-bond acceptors (Lipinski definition) is 4. The molecule has 3 aromatic rings. The summed E-state index contributed by atoms with van der Waals surface area (Å²) in [6.07, 6.45) is 4.42. The second-order valence-electron chi connectivity index (χ2n) is 7.25. The highest BCUT2D eigenvalue weighted by Crippen LogP contribution is 2.30. The summed E-state index contributed by atoms with van der Waals surface area (Å²) in [6.45, 7) is 2.65. The highest BCUT2D eigenvalue weighted by molar-refractivity contribution is 5.75. The van der Waals surface area contributed by atoms with Gasteiger partial charge in [-0.3, -0.25) is 9.48 Å². The van der Waals surface area contributed by atoms with Crippen molar-refractivity contribution in [1.82, 2.24) is 24.5 Å². The molecule has 1 amide bonds. The van der Waals surface area contributed by atoms with E-state index in [4.69, 9.17) is 10.8 Å². The molecule has 0 aliphatic heterocycles. The van der Waals surface area contributed by atoms with Crippen LogP contribution in [0.5, 0.6) is 0 Å². The average Bonchev–Trinajstić information content (AvgIpc) is 3.15. The topological polar surface area (TPSA) is 91.6 Å². The van der Waals surface area contributed by atoms with Crippen molar-refractivity contribution in [3.63, 3.8) is 0 Å². The van der Waals surface area contributed by atoms with Crippen molar-refractivity contribution in [3.05, 3.63) is 52.5 Å². The Morgan fingerprint density at radius 3 is 2.81 bits per heavy atom. The van der Waals surface area contributed by atoms with Crippen LogP contribution in [0.3, 0.4) is 0 Å². The molecular formula is C20H24N6O. The predicted molar refractivity (Wildman–Crippen MR) is 102 cm³/mol. The van der Waals surface area contributed by atoms with E-state index in [1.807, 2.05) is 22.5 Å². The molecule has 2 heterocycles. The Bertz CT molecular complexity index is 1000. The number of carbonyl (C=O) groups excluding carboxylic acids is 1. The van der Waals surface area contributed by atoms with E-state index in [2.05, 4.69) is 35.2 Å². The Balaban J connectivity index is 1.79. The normalized spacial score (nSPS) is 13.6. The highest BCUT2D eigenvalue weighted by atomic mass is 16.1. The van der Waals surface area contributed by atoms with E-state index < -0.39 is 5.91 Å². The molecule has 7 heteroatoms. The van der Waals surface area contributed by atoms with E-state index in [1.165, 1.54) is 23.2 Å². The lowest BCUT2D eigenvalue weighted by molar-refractivity contribution is -0.117. The number of rotatable bonds is 5. The van der Waals surface area contributed by atoms with E-state index in [0.717, 1.165) is 30.5 Å². The van der Waals surface area contributed by atoms with E-state index >= 15 is 0 Å². The summed E-state index contributed by atoms with van der Waals surface area (Å²) in [5.74, 6) is 0.726. The van der Waals surface area contributed by atoms with Gasteiger partial charge in [-0.15, -0.1) is 0 Å². The van der Waals surface area contributed by atoms with Gasteiger partial charge in [0.05, 0.1) is 13.0 Å². The van der Waals surface area contributed by atoms with Crippen molar-refractivity contribution in [2.75, 3.05) is 0 Å². The summed E-state index contributed by atoms with van der Waals surface area (Å²) in [6, 6.07) is 8.31. The van der Waals surface area contributed by atoms with E-state index in [-0.39, 0.29) is 6.42 Å². The molecule has 0 saturated heterocycles. The number of primary amides is 1. The van der Waals surface area contributed by atoms with Gasteiger partial charge in [0.15, 0.2) is 11.6 Å². The summed E-state index contributed by atoms with van der Waals surface area (Å²) in [5, 5.41) is 9.32. The minimum Gasteiger partial charge on any atom is -0.369 e. The quantitative estimate of drug-likeness (QED) is 0.749. The van der Waals surface area contributed by atoms with E-state index in [9.17, 15) is 4.79 Å². The van der Waals surface area contributed by atoms with E-state index in [1.54, 1.807) is 0 Å². The van der Waals surface area contributed by atoms with Crippen molar-refractivity contribution in [1.29, 1.82) is 0 Å². The van der Waals surface area contributed by atoms with Crippen molar-refractivity contribution < 1.29 is 4.79 Å². The zero-order chi connectivity index (χ0) is 19.0. The van der Waals surface area contributed by atoms with Crippen molar-refractivity contribution in [2.45, 2.75) is 45.6 Å². The molecule has 1 aromatic carbocycles. The first-order chi connectivity index (χ1) is 13.0. The van der Waals surface area contributed by atoms with Crippen LogP contribution in [-0.2, 0) is 37.6 Å². The van der Waals surface area contributed by atoms with Gasteiger partial charge < -0.3 is 5.73 Å². The van der Waals surface area contributed by atoms with Crippen LogP contribution in [0.4, 0.5) is 0 Å². The number of aromatic nitrogens is 5. The minimum absolute atomic E-state index is 0.0306. The molecule has 140 valence electrons. The molecule has 0 atom stereocenters. The zero-order valence-corrected chi connectivity index (χ0v) is 15.8. The van der Waals surface area contributed by atoms with Gasteiger partial charge in [-0.1, -0.05) is 29.8 Å². The molecule has 0 fully saturated rings. The Kier molecular flexibility index (Phi) is 4.51. The van der Waals surface area contributed by atoms with Crippen molar-refractivity contribution in [2.24, 2.45) is 12.8 Å². The minimum atomic E-state index is -0.433. The molecule has 0 saturated carbocycles. The third-order valence-corrected chi connectivity index (χ3v) is 5.04. The van der Waals surface area contributed by atoms with Crippen LogP contribution in [0.1, 0.15) is 41.1 Å². The van der Waals surface area contributed by atoms with Gasteiger partial charge in [-0.05, 0) is 38.2 Å². The molecule has 0 unspecified atom stereocenters. The predicted octanol–water partition coefficient (Wildman–Crippen LogP) is 1.94. The van der Waals surface area contributed by atoms with E-state index in [0.29, 0.717) is 18.2 Å². The van der Waals surface area contributed by atoms with Gasteiger partial charge in [0.2, 0.25) is 5.91 Å². The number of nitrogens with zero attached hydrogens (tertiary/aromatic N) is 5. The third-order valence-electron chi connectivity index (χ3n) is 5.04.